The molecule has 27 heavy (non-hydrogen) atoms. The molecule has 0 aliphatic carbocycles. The Balaban J connectivity index is 1.63. The number of para-hydroxylation sites is 1. The van der Waals surface area contributed by atoms with Gasteiger partial charge >= 0.3 is 0 Å². The van der Waals surface area contributed by atoms with Crippen molar-refractivity contribution in [2.24, 2.45) is 0 Å². The Kier molecular flexibility index (Phi) is 4.89. The number of aromatic nitrogens is 3. The van der Waals surface area contributed by atoms with E-state index in [1.54, 1.807) is 6.20 Å². The minimum Gasteiger partial charge on any atom is -0.321 e. The normalized spacial score (nSPS) is 10.9. The molecule has 6 heteroatoms. The van der Waals surface area contributed by atoms with Gasteiger partial charge in [0.25, 0.3) is 5.91 Å². The molecule has 0 saturated carbocycles. The summed E-state index contributed by atoms with van der Waals surface area (Å²) >= 11 is 1.50. The third-order valence-electron chi connectivity index (χ3n) is 4.16. The van der Waals surface area contributed by atoms with Crippen LogP contribution in [-0.2, 0) is 6.42 Å². The average molecular weight is 374 g/mol. The zero-order valence-corrected chi connectivity index (χ0v) is 15.7. The Hall–Kier alpha value is -3.12. The fraction of sp³-hybridized carbons (Fsp3) is 0.143. The maximum absolute atomic E-state index is 12.8. The highest BCUT2D eigenvalue weighted by molar-refractivity contribution is 7.21. The molecule has 0 bridgehead atoms. The summed E-state index contributed by atoms with van der Waals surface area (Å²) in [7, 11) is 0. The number of nitrogens with one attached hydrogen (secondary N) is 1. The van der Waals surface area contributed by atoms with Crippen LogP contribution >= 0.6 is 11.3 Å². The van der Waals surface area contributed by atoms with Gasteiger partial charge in [-0.25, -0.2) is 15.0 Å². The summed E-state index contributed by atoms with van der Waals surface area (Å²) in [5, 5.41) is 3.59. The maximum Gasteiger partial charge on any atom is 0.276 e. The SMILES string of the molecule is CCCc1ccc(NC(=O)c2nccnc2-c2nc3ccccc3s2)cc1. The topological polar surface area (TPSA) is 67.8 Å². The van der Waals surface area contributed by atoms with E-state index in [1.807, 2.05) is 48.5 Å². The number of hydrogen-bond acceptors (Lipinski definition) is 5. The summed E-state index contributed by atoms with van der Waals surface area (Å²) in [5.41, 5.74) is 3.65. The largest absolute Gasteiger partial charge is 0.321 e. The molecule has 0 saturated heterocycles. The van der Waals surface area contributed by atoms with Crippen molar-refractivity contribution in [1.82, 2.24) is 15.0 Å². The molecule has 0 radical (unpaired) electrons. The molecule has 1 amide bonds. The molecule has 4 aromatic rings. The lowest BCUT2D eigenvalue weighted by atomic mass is 10.1. The summed E-state index contributed by atoms with van der Waals surface area (Å²) in [6.45, 7) is 2.15. The third-order valence-corrected chi connectivity index (χ3v) is 5.20. The van der Waals surface area contributed by atoms with Crippen LogP contribution in [0.4, 0.5) is 5.69 Å². The van der Waals surface area contributed by atoms with Crippen molar-refractivity contribution in [2.75, 3.05) is 5.32 Å². The molecule has 2 aromatic heterocycles. The molecule has 0 aliphatic heterocycles. The monoisotopic (exact) mass is 374 g/mol. The first kappa shape index (κ1) is 17.3. The second-order valence-electron chi connectivity index (χ2n) is 6.14. The summed E-state index contributed by atoms with van der Waals surface area (Å²) in [6.07, 6.45) is 5.23. The predicted octanol–water partition coefficient (Wildman–Crippen LogP) is 4.96. The maximum atomic E-state index is 12.8. The number of fused-ring (bicyclic) bond motifs is 1. The summed E-state index contributed by atoms with van der Waals surface area (Å²) in [4.78, 5) is 26.0. The molecule has 0 aliphatic rings. The fourth-order valence-corrected chi connectivity index (χ4v) is 3.83. The quantitative estimate of drug-likeness (QED) is 0.536. The minimum atomic E-state index is -0.291. The molecule has 2 heterocycles. The Morgan fingerprint density at radius 3 is 2.59 bits per heavy atom. The highest BCUT2D eigenvalue weighted by atomic mass is 32.1. The van der Waals surface area contributed by atoms with E-state index in [9.17, 15) is 4.79 Å². The van der Waals surface area contributed by atoms with Crippen LogP contribution in [0.2, 0.25) is 0 Å². The van der Waals surface area contributed by atoms with E-state index in [-0.39, 0.29) is 11.6 Å². The minimum absolute atomic E-state index is 0.272. The van der Waals surface area contributed by atoms with Crippen molar-refractivity contribution in [3.63, 3.8) is 0 Å². The second kappa shape index (κ2) is 7.63. The number of thiazole rings is 1. The van der Waals surface area contributed by atoms with Gasteiger partial charge in [0, 0.05) is 18.1 Å². The molecule has 0 atom stereocenters. The van der Waals surface area contributed by atoms with E-state index in [2.05, 4.69) is 27.2 Å². The van der Waals surface area contributed by atoms with Gasteiger partial charge in [-0.1, -0.05) is 37.6 Å². The zero-order valence-electron chi connectivity index (χ0n) is 14.8. The summed E-state index contributed by atoms with van der Waals surface area (Å²) in [6, 6.07) is 15.8. The predicted molar refractivity (Wildman–Crippen MR) is 109 cm³/mol. The number of amides is 1. The van der Waals surface area contributed by atoms with Gasteiger partial charge in [-0.2, -0.15) is 0 Å². The number of anilines is 1. The molecule has 0 fully saturated rings. The first-order valence-corrected chi connectivity index (χ1v) is 9.63. The van der Waals surface area contributed by atoms with Crippen LogP contribution in [0.25, 0.3) is 20.9 Å². The third kappa shape index (κ3) is 3.71. The van der Waals surface area contributed by atoms with Crippen LogP contribution in [0, 0.1) is 0 Å². The van der Waals surface area contributed by atoms with Gasteiger partial charge in [-0.05, 0) is 36.2 Å². The fourth-order valence-electron chi connectivity index (χ4n) is 2.87. The zero-order chi connectivity index (χ0) is 18.6. The van der Waals surface area contributed by atoms with Gasteiger partial charge in [-0.3, -0.25) is 4.79 Å². The molecular weight excluding hydrogens is 356 g/mol. The number of carbonyl (C=O) groups is 1. The van der Waals surface area contributed by atoms with Crippen LogP contribution in [0.15, 0.2) is 60.9 Å². The van der Waals surface area contributed by atoms with Crippen molar-refractivity contribution in [3.05, 3.63) is 72.2 Å². The lowest BCUT2D eigenvalue weighted by Gasteiger charge is -2.08. The van der Waals surface area contributed by atoms with Crippen molar-refractivity contribution in [3.8, 4) is 10.7 Å². The van der Waals surface area contributed by atoms with E-state index in [0.717, 1.165) is 28.7 Å². The van der Waals surface area contributed by atoms with Gasteiger partial charge < -0.3 is 5.32 Å². The summed E-state index contributed by atoms with van der Waals surface area (Å²) < 4.78 is 1.05. The number of benzene rings is 2. The molecule has 4 rings (SSSR count). The van der Waals surface area contributed by atoms with Crippen molar-refractivity contribution >= 4 is 33.1 Å². The molecule has 5 nitrogen and oxygen atoms in total. The lowest BCUT2D eigenvalue weighted by Crippen LogP contribution is -2.15. The second-order valence-corrected chi connectivity index (χ2v) is 7.17. The van der Waals surface area contributed by atoms with E-state index in [1.165, 1.54) is 23.1 Å². The highest BCUT2D eigenvalue weighted by Gasteiger charge is 2.19. The molecule has 0 spiro atoms. The van der Waals surface area contributed by atoms with Crippen molar-refractivity contribution < 1.29 is 4.79 Å². The first-order valence-electron chi connectivity index (χ1n) is 8.82. The van der Waals surface area contributed by atoms with Gasteiger partial charge in [0.2, 0.25) is 0 Å². The highest BCUT2D eigenvalue weighted by Crippen LogP contribution is 2.30. The smallest absolute Gasteiger partial charge is 0.276 e. The molecular formula is C21H18N4OS. The van der Waals surface area contributed by atoms with E-state index < -0.39 is 0 Å². The van der Waals surface area contributed by atoms with Gasteiger partial charge in [0.05, 0.1) is 10.2 Å². The Morgan fingerprint density at radius 2 is 1.81 bits per heavy atom. The number of rotatable bonds is 5. The van der Waals surface area contributed by atoms with Crippen molar-refractivity contribution in [2.45, 2.75) is 19.8 Å². The lowest BCUT2D eigenvalue weighted by molar-refractivity contribution is 0.102. The molecule has 2 aromatic carbocycles. The van der Waals surface area contributed by atoms with Gasteiger partial charge in [-0.15, -0.1) is 11.3 Å². The van der Waals surface area contributed by atoms with Crippen LogP contribution < -0.4 is 5.32 Å². The number of hydrogen-bond donors (Lipinski definition) is 1. The first-order chi connectivity index (χ1) is 13.2. The summed E-state index contributed by atoms with van der Waals surface area (Å²) in [5.74, 6) is -0.291. The van der Waals surface area contributed by atoms with E-state index in [4.69, 9.17) is 0 Å². The standard InChI is InChI=1S/C21H18N4OS/c1-2-5-14-8-10-15(11-9-14)24-20(26)18-19(23-13-12-22-18)21-25-16-6-3-4-7-17(16)27-21/h3-4,6-13H,2,5H2,1H3,(H,24,26). The molecule has 134 valence electrons. The van der Waals surface area contributed by atoms with Gasteiger partial charge in [0.15, 0.2) is 5.69 Å². The molecule has 1 N–H and O–H groups in total. The number of aryl methyl sites for hydroxylation is 1. The van der Waals surface area contributed by atoms with Crippen LogP contribution in [-0.4, -0.2) is 20.9 Å². The number of carbonyl (C=O) groups excluding carboxylic acids is 1. The Bertz CT molecular complexity index is 1060. The van der Waals surface area contributed by atoms with Crippen LogP contribution in [0.1, 0.15) is 29.4 Å². The van der Waals surface area contributed by atoms with Crippen molar-refractivity contribution in [1.29, 1.82) is 0 Å². The van der Waals surface area contributed by atoms with Crippen LogP contribution in [0.5, 0.6) is 0 Å². The molecule has 0 unspecified atom stereocenters. The number of nitrogens with zero attached hydrogens (tertiary/aromatic N) is 3. The Morgan fingerprint density at radius 1 is 1.04 bits per heavy atom. The Labute approximate surface area is 161 Å². The average Bonchev–Trinajstić information content (AvgIpc) is 3.14. The van der Waals surface area contributed by atoms with Gasteiger partial charge in [0.1, 0.15) is 10.7 Å². The van der Waals surface area contributed by atoms with Crippen LogP contribution in [0.3, 0.4) is 0 Å². The van der Waals surface area contributed by atoms with E-state index in [0.29, 0.717) is 10.7 Å². The van der Waals surface area contributed by atoms with E-state index >= 15 is 0 Å².